The van der Waals surface area contributed by atoms with E-state index in [1.807, 2.05) is 13.8 Å². The van der Waals surface area contributed by atoms with E-state index in [9.17, 15) is 0 Å². The van der Waals surface area contributed by atoms with Crippen LogP contribution in [0.1, 0.15) is 25.0 Å². The zero-order valence-electron chi connectivity index (χ0n) is 10.8. The van der Waals surface area contributed by atoms with Gasteiger partial charge in [-0.25, -0.2) is 0 Å². The fourth-order valence-corrected chi connectivity index (χ4v) is 2.78. The van der Waals surface area contributed by atoms with E-state index < -0.39 is 5.54 Å². The molecule has 17 heavy (non-hydrogen) atoms. The van der Waals surface area contributed by atoms with E-state index in [0.29, 0.717) is 0 Å². The number of aryl methyl sites for hydroxylation is 1. The molecule has 0 aliphatic heterocycles. The Hall–Kier alpha value is -0.980. The van der Waals surface area contributed by atoms with Crippen molar-refractivity contribution in [3.63, 3.8) is 0 Å². The van der Waals surface area contributed by atoms with Crippen molar-refractivity contribution in [2.75, 3.05) is 12.3 Å². The highest BCUT2D eigenvalue weighted by molar-refractivity contribution is 7.98. The number of nitrogens with zero attached hydrogens (tertiary/aromatic N) is 1. The summed E-state index contributed by atoms with van der Waals surface area (Å²) in [6.07, 6.45) is 0. The number of nitriles is 1. The Morgan fingerprint density at radius 1 is 1.47 bits per heavy atom. The molecule has 0 aromatic heterocycles. The third-order valence-electron chi connectivity index (χ3n) is 2.56. The Labute approximate surface area is 108 Å². The fourth-order valence-electron chi connectivity index (χ4n) is 1.69. The van der Waals surface area contributed by atoms with Gasteiger partial charge in [-0.3, -0.25) is 5.32 Å². The molecule has 0 amide bonds. The molecule has 0 spiro atoms. The van der Waals surface area contributed by atoms with Gasteiger partial charge in [0.25, 0.3) is 0 Å². The lowest BCUT2D eigenvalue weighted by Gasteiger charge is -2.21. The number of benzene rings is 1. The molecule has 0 radical (unpaired) electrons. The minimum absolute atomic E-state index is 0.413. The van der Waals surface area contributed by atoms with Gasteiger partial charge in [0, 0.05) is 11.5 Å². The summed E-state index contributed by atoms with van der Waals surface area (Å²) in [6.45, 7) is 6.92. The predicted molar refractivity (Wildman–Crippen MR) is 75.0 cm³/mol. The molecule has 0 fully saturated rings. The van der Waals surface area contributed by atoms with Crippen molar-refractivity contribution in [1.29, 1.82) is 5.26 Å². The largest absolute Gasteiger partial charge is 0.299 e. The molecule has 1 aromatic carbocycles. The first-order chi connectivity index (χ1) is 8.09. The average Bonchev–Trinajstić information content (AvgIpc) is 2.29. The summed E-state index contributed by atoms with van der Waals surface area (Å²) in [6, 6.07) is 10.9. The Balaban J connectivity index is 2.44. The van der Waals surface area contributed by atoms with Crippen molar-refractivity contribution >= 4 is 11.8 Å². The molecule has 92 valence electrons. The van der Waals surface area contributed by atoms with Gasteiger partial charge in [-0.2, -0.15) is 17.0 Å². The van der Waals surface area contributed by atoms with E-state index in [4.69, 9.17) is 5.26 Å². The molecule has 1 aromatic rings. The summed E-state index contributed by atoms with van der Waals surface area (Å²) in [7, 11) is 0. The second-order valence-corrected chi connectivity index (χ2v) is 5.44. The molecule has 3 heteroatoms. The Kier molecular flexibility index (Phi) is 5.54. The molecule has 0 bridgehead atoms. The Bertz CT molecular complexity index is 397. The van der Waals surface area contributed by atoms with Gasteiger partial charge in [0.05, 0.1) is 6.07 Å². The summed E-state index contributed by atoms with van der Waals surface area (Å²) < 4.78 is 0. The minimum atomic E-state index is -0.413. The first kappa shape index (κ1) is 14.1. The van der Waals surface area contributed by atoms with Crippen LogP contribution in [-0.2, 0) is 5.75 Å². The summed E-state index contributed by atoms with van der Waals surface area (Å²) >= 11 is 1.80. The van der Waals surface area contributed by atoms with E-state index in [2.05, 4.69) is 42.6 Å². The molecule has 1 unspecified atom stereocenters. The van der Waals surface area contributed by atoms with Gasteiger partial charge >= 0.3 is 0 Å². The minimum Gasteiger partial charge on any atom is -0.299 e. The van der Waals surface area contributed by atoms with Crippen molar-refractivity contribution in [3.8, 4) is 6.07 Å². The van der Waals surface area contributed by atoms with Crippen molar-refractivity contribution in [1.82, 2.24) is 5.32 Å². The van der Waals surface area contributed by atoms with E-state index in [1.165, 1.54) is 11.1 Å². The first-order valence-electron chi connectivity index (χ1n) is 5.89. The van der Waals surface area contributed by atoms with Crippen molar-refractivity contribution in [2.45, 2.75) is 32.1 Å². The second-order valence-electron chi connectivity index (χ2n) is 4.46. The van der Waals surface area contributed by atoms with Crippen LogP contribution in [-0.4, -0.2) is 17.8 Å². The van der Waals surface area contributed by atoms with Gasteiger partial charge < -0.3 is 0 Å². The smallest absolute Gasteiger partial charge is 0.113 e. The Morgan fingerprint density at radius 2 is 2.24 bits per heavy atom. The highest BCUT2D eigenvalue weighted by atomic mass is 32.2. The molecule has 1 atom stereocenters. The zero-order chi connectivity index (χ0) is 12.7. The topological polar surface area (TPSA) is 35.8 Å². The molecule has 0 aliphatic carbocycles. The van der Waals surface area contributed by atoms with E-state index >= 15 is 0 Å². The van der Waals surface area contributed by atoms with Crippen LogP contribution < -0.4 is 5.32 Å². The number of thioether (sulfide) groups is 1. The van der Waals surface area contributed by atoms with Crippen LogP contribution in [0.4, 0.5) is 0 Å². The lowest BCUT2D eigenvalue weighted by atomic mass is 10.1. The lowest BCUT2D eigenvalue weighted by Crippen LogP contribution is -2.43. The van der Waals surface area contributed by atoms with Gasteiger partial charge in [-0.05, 0) is 26.0 Å². The quantitative estimate of drug-likeness (QED) is 0.840. The standard InChI is InChI=1S/C14H20N2S/c1-4-16-14(3,10-15)11-17-9-13-7-5-6-12(2)8-13/h5-8,16H,4,9,11H2,1-3H3. The number of rotatable bonds is 6. The van der Waals surface area contributed by atoms with E-state index in [0.717, 1.165) is 18.1 Å². The van der Waals surface area contributed by atoms with Gasteiger partial charge in [0.1, 0.15) is 5.54 Å². The van der Waals surface area contributed by atoms with Crippen LogP contribution >= 0.6 is 11.8 Å². The maximum absolute atomic E-state index is 9.13. The highest BCUT2D eigenvalue weighted by Gasteiger charge is 2.21. The third kappa shape index (κ3) is 4.80. The maximum atomic E-state index is 9.13. The van der Waals surface area contributed by atoms with Gasteiger partial charge in [0.2, 0.25) is 0 Å². The summed E-state index contributed by atoms with van der Waals surface area (Å²) in [4.78, 5) is 0. The van der Waals surface area contributed by atoms with Crippen molar-refractivity contribution in [2.24, 2.45) is 0 Å². The van der Waals surface area contributed by atoms with Crippen LogP contribution in [0.5, 0.6) is 0 Å². The molecule has 2 nitrogen and oxygen atoms in total. The lowest BCUT2D eigenvalue weighted by molar-refractivity contribution is 0.511. The van der Waals surface area contributed by atoms with E-state index in [-0.39, 0.29) is 0 Å². The van der Waals surface area contributed by atoms with Crippen LogP contribution in [0.2, 0.25) is 0 Å². The number of hydrogen-bond donors (Lipinski definition) is 1. The molecule has 1 rings (SSSR count). The van der Waals surface area contributed by atoms with Gasteiger partial charge in [-0.1, -0.05) is 36.8 Å². The molecule has 0 saturated carbocycles. The molecule has 0 aliphatic rings. The van der Waals surface area contributed by atoms with Crippen LogP contribution in [0.25, 0.3) is 0 Å². The first-order valence-corrected chi connectivity index (χ1v) is 7.04. The summed E-state index contributed by atoms with van der Waals surface area (Å²) in [5.74, 6) is 1.77. The highest BCUT2D eigenvalue weighted by Crippen LogP contribution is 2.18. The molecule has 0 heterocycles. The molecular formula is C14H20N2S. The molecular weight excluding hydrogens is 228 g/mol. The number of nitrogens with one attached hydrogen (secondary N) is 1. The SMILES string of the molecule is CCNC(C)(C#N)CSCc1cccc(C)c1. The van der Waals surface area contributed by atoms with Crippen molar-refractivity contribution < 1.29 is 0 Å². The summed E-state index contributed by atoms with van der Waals surface area (Å²) in [5.41, 5.74) is 2.20. The normalized spacial score (nSPS) is 14.0. The predicted octanol–water partition coefficient (Wildman–Crippen LogP) is 3.12. The summed E-state index contributed by atoms with van der Waals surface area (Å²) in [5, 5.41) is 12.4. The zero-order valence-corrected chi connectivity index (χ0v) is 11.6. The third-order valence-corrected chi connectivity index (χ3v) is 3.87. The average molecular weight is 248 g/mol. The van der Waals surface area contributed by atoms with Gasteiger partial charge in [0.15, 0.2) is 0 Å². The van der Waals surface area contributed by atoms with Gasteiger partial charge in [-0.15, -0.1) is 0 Å². The van der Waals surface area contributed by atoms with Crippen LogP contribution in [0.3, 0.4) is 0 Å². The van der Waals surface area contributed by atoms with Crippen LogP contribution in [0, 0.1) is 18.3 Å². The van der Waals surface area contributed by atoms with E-state index in [1.54, 1.807) is 11.8 Å². The molecule has 1 N–H and O–H groups in total. The monoisotopic (exact) mass is 248 g/mol. The Morgan fingerprint density at radius 3 is 2.82 bits per heavy atom. The van der Waals surface area contributed by atoms with Crippen LogP contribution in [0.15, 0.2) is 24.3 Å². The second kappa shape index (κ2) is 6.68. The van der Waals surface area contributed by atoms with Crippen molar-refractivity contribution in [3.05, 3.63) is 35.4 Å². The maximum Gasteiger partial charge on any atom is 0.113 e. The fraction of sp³-hybridized carbons (Fsp3) is 0.500. The molecule has 0 saturated heterocycles. The number of hydrogen-bond acceptors (Lipinski definition) is 3.